The normalized spacial score (nSPS) is 11.7. The molecule has 0 aliphatic heterocycles. The highest BCUT2D eigenvalue weighted by Crippen LogP contribution is 1.97. The Balaban J connectivity index is 0.000001000. The zero-order valence-corrected chi connectivity index (χ0v) is 7.23. The fourth-order valence-electron chi connectivity index (χ4n) is 0.620. The first-order chi connectivity index (χ1) is 4.79. The first kappa shape index (κ1) is 10.6. The third-order valence-corrected chi connectivity index (χ3v) is 1.58. The molecule has 1 heterocycles. The lowest BCUT2D eigenvalue weighted by Crippen LogP contribution is -1.92. The van der Waals surface area contributed by atoms with Crippen molar-refractivity contribution in [3.05, 3.63) is 30.1 Å². The molecule has 11 heavy (non-hydrogen) atoms. The average Bonchev–Trinajstić information content (AvgIpc) is 1.88. The highest BCUT2D eigenvalue weighted by atomic mass is 35.5. The minimum Gasteiger partial charge on any atom is -0.772 e. The van der Waals surface area contributed by atoms with E-state index in [-0.39, 0.29) is 18.2 Å². The van der Waals surface area contributed by atoms with Crippen LogP contribution in [0.5, 0.6) is 0 Å². The predicted molar refractivity (Wildman–Crippen MR) is 44.1 cm³/mol. The summed E-state index contributed by atoms with van der Waals surface area (Å²) >= 11 is -2.01. The van der Waals surface area contributed by atoms with E-state index in [0.29, 0.717) is 0 Å². The summed E-state index contributed by atoms with van der Waals surface area (Å²) in [7, 11) is 0. The summed E-state index contributed by atoms with van der Waals surface area (Å²) in [5, 5.41) is 0. The molecule has 0 aromatic carbocycles. The summed E-state index contributed by atoms with van der Waals surface area (Å²) in [6.45, 7) is 0. The van der Waals surface area contributed by atoms with E-state index in [1.54, 1.807) is 18.3 Å². The third kappa shape index (κ3) is 4.08. The van der Waals surface area contributed by atoms with Crippen LogP contribution < -0.4 is 0 Å². The third-order valence-electron chi connectivity index (χ3n) is 1.01. The molecular weight excluding hydrogens is 186 g/mol. The number of hydrogen-bond donors (Lipinski definition) is 0. The molecule has 0 spiro atoms. The number of nitrogens with zero attached hydrogens (tertiary/aromatic N) is 1. The Morgan fingerprint density at radius 1 is 1.64 bits per heavy atom. The Labute approximate surface area is 73.5 Å². The molecule has 0 bridgehead atoms. The Hall–Kier alpha value is -0.450. The Kier molecular flexibility index (Phi) is 5.02. The van der Waals surface area contributed by atoms with Gasteiger partial charge in [0, 0.05) is 18.1 Å². The van der Waals surface area contributed by atoms with E-state index in [1.165, 1.54) is 6.20 Å². The van der Waals surface area contributed by atoms with Crippen LogP contribution >= 0.6 is 12.4 Å². The van der Waals surface area contributed by atoms with Crippen LogP contribution in [0.3, 0.4) is 0 Å². The summed E-state index contributed by atoms with van der Waals surface area (Å²) in [4.78, 5) is 3.76. The number of pyridine rings is 1. The monoisotopic (exact) mass is 192 g/mol. The van der Waals surface area contributed by atoms with E-state index in [9.17, 15) is 8.76 Å². The second-order valence-corrected chi connectivity index (χ2v) is 2.71. The maximum absolute atomic E-state index is 10.1. The van der Waals surface area contributed by atoms with Gasteiger partial charge in [-0.25, -0.2) is 0 Å². The Bertz CT molecular complexity index is 229. The zero-order chi connectivity index (χ0) is 7.40. The van der Waals surface area contributed by atoms with Crippen LogP contribution in [-0.4, -0.2) is 13.7 Å². The van der Waals surface area contributed by atoms with E-state index in [2.05, 4.69) is 4.98 Å². The predicted octanol–water partition coefficient (Wildman–Crippen LogP) is 0.883. The van der Waals surface area contributed by atoms with E-state index in [4.69, 9.17) is 0 Å². The van der Waals surface area contributed by atoms with Crippen molar-refractivity contribution < 1.29 is 8.76 Å². The van der Waals surface area contributed by atoms with Gasteiger partial charge in [0.2, 0.25) is 0 Å². The van der Waals surface area contributed by atoms with Gasteiger partial charge in [-0.15, -0.1) is 12.4 Å². The fourth-order valence-corrected chi connectivity index (χ4v) is 1.06. The van der Waals surface area contributed by atoms with Gasteiger partial charge in [-0.05, 0) is 11.6 Å². The SMILES string of the molecule is Cl.O=S([O-])Cc1cccnc1. The lowest BCUT2D eigenvalue weighted by Gasteiger charge is -2.02. The quantitative estimate of drug-likeness (QED) is 0.654. The lowest BCUT2D eigenvalue weighted by molar-refractivity contribution is 0.536. The number of hydrogen-bond acceptors (Lipinski definition) is 3. The van der Waals surface area contributed by atoms with Crippen molar-refractivity contribution in [2.24, 2.45) is 0 Å². The van der Waals surface area contributed by atoms with E-state index < -0.39 is 11.1 Å². The van der Waals surface area contributed by atoms with Gasteiger partial charge in [0.15, 0.2) is 0 Å². The molecule has 1 aromatic rings. The second kappa shape index (κ2) is 5.23. The lowest BCUT2D eigenvalue weighted by atomic mass is 10.3. The number of aromatic nitrogens is 1. The number of halogens is 1. The molecule has 0 N–H and O–H groups in total. The van der Waals surface area contributed by atoms with E-state index >= 15 is 0 Å². The van der Waals surface area contributed by atoms with Crippen LogP contribution in [0.1, 0.15) is 5.56 Å². The van der Waals surface area contributed by atoms with Crippen molar-refractivity contribution in [2.45, 2.75) is 5.75 Å². The zero-order valence-electron chi connectivity index (χ0n) is 5.60. The molecule has 0 fully saturated rings. The molecule has 0 saturated carbocycles. The average molecular weight is 193 g/mol. The largest absolute Gasteiger partial charge is 0.772 e. The topological polar surface area (TPSA) is 53.0 Å². The van der Waals surface area contributed by atoms with Gasteiger partial charge < -0.3 is 4.55 Å². The van der Waals surface area contributed by atoms with Crippen LogP contribution in [-0.2, 0) is 16.8 Å². The molecule has 1 atom stereocenters. The Morgan fingerprint density at radius 2 is 2.36 bits per heavy atom. The van der Waals surface area contributed by atoms with Crippen LogP contribution in [0.2, 0.25) is 0 Å². The molecule has 1 rings (SSSR count). The summed E-state index contributed by atoms with van der Waals surface area (Å²) in [6, 6.07) is 3.44. The van der Waals surface area contributed by atoms with Crippen LogP contribution in [0.4, 0.5) is 0 Å². The van der Waals surface area contributed by atoms with Gasteiger partial charge in [-0.3, -0.25) is 9.19 Å². The number of rotatable bonds is 2. The molecular formula is C6H7ClNO2S-. The van der Waals surface area contributed by atoms with E-state index in [0.717, 1.165) is 5.56 Å². The fraction of sp³-hybridized carbons (Fsp3) is 0.167. The van der Waals surface area contributed by atoms with Crippen molar-refractivity contribution in [1.29, 1.82) is 0 Å². The highest BCUT2D eigenvalue weighted by molar-refractivity contribution is 7.78. The summed E-state index contributed by atoms with van der Waals surface area (Å²) in [5.41, 5.74) is 0.718. The van der Waals surface area contributed by atoms with Crippen molar-refractivity contribution in [2.75, 3.05) is 0 Å². The first-order valence-electron chi connectivity index (χ1n) is 2.74. The minimum absolute atomic E-state index is 0. The van der Waals surface area contributed by atoms with Gasteiger partial charge in [-0.2, -0.15) is 0 Å². The van der Waals surface area contributed by atoms with Gasteiger partial charge >= 0.3 is 0 Å². The molecule has 0 amide bonds. The van der Waals surface area contributed by atoms with Gasteiger partial charge in [0.05, 0.1) is 0 Å². The highest BCUT2D eigenvalue weighted by Gasteiger charge is 1.88. The van der Waals surface area contributed by atoms with Crippen LogP contribution in [0.25, 0.3) is 0 Å². The molecule has 0 saturated heterocycles. The van der Waals surface area contributed by atoms with Crippen LogP contribution in [0, 0.1) is 0 Å². The van der Waals surface area contributed by atoms with Gasteiger partial charge in [-0.1, -0.05) is 17.1 Å². The summed E-state index contributed by atoms with van der Waals surface area (Å²) in [5.74, 6) is 0.0494. The molecule has 62 valence electrons. The summed E-state index contributed by atoms with van der Waals surface area (Å²) in [6.07, 6.45) is 3.15. The maximum atomic E-state index is 10.1. The Morgan fingerprint density at radius 3 is 2.82 bits per heavy atom. The molecule has 3 nitrogen and oxygen atoms in total. The minimum atomic E-state index is -2.01. The molecule has 5 heteroatoms. The van der Waals surface area contributed by atoms with Crippen molar-refractivity contribution in [3.8, 4) is 0 Å². The van der Waals surface area contributed by atoms with Crippen molar-refractivity contribution in [1.82, 2.24) is 4.98 Å². The standard InChI is InChI=1S/C6H7NO2S.ClH/c8-10(9)5-6-2-1-3-7-4-6;/h1-4H,5H2,(H,8,9);1H/p-1. The molecule has 0 aliphatic carbocycles. The smallest absolute Gasteiger partial charge is 0.0368 e. The molecule has 1 aromatic heterocycles. The molecule has 0 radical (unpaired) electrons. The van der Waals surface area contributed by atoms with Crippen molar-refractivity contribution >= 4 is 23.5 Å². The van der Waals surface area contributed by atoms with Crippen molar-refractivity contribution in [3.63, 3.8) is 0 Å². The first-order valence-corrected chi connectivity index (χ1v) is 3.98. The van der Waals surface area contributed by atoms with Gasteiger partial charge in [0.1, 0.15) is 0 Å². The maximum Gasteiger partial charge on any atom is 0.0368 e. The molecule has 1 unspecified atom stereocenters. The van der Waals surface area contributed by atoms with E-state index in [1.807, 2.05) is 0 Å². The van der Waals surface area contributed by atoms with Crippen LogP contribution in [0.15, 0.2) is 24.5 Å². The summed E-state index contributed by atoms with van der Waals surface area (Å²) < 4.78 is 20.3. The molecule has 0 aliphatic rings. The second-order valence-electron chi connectivity index (χ2n) is 1.81. The van der Waals surface area contributed by atoms with Gasteiger partial charge in [0.25, 0.3) is 0 Å².